The summed E-state index contributed by atoms with van der Waals surface area (Å²) in [5.74, 6) is -0.823. The van der Waals surface area contributed by atoms with E-state index in [4.69, 9.17) is 16.0 Å². The Labute approximate surface area is 133 Å². The number of aromatic nitrogens is 1. The van der Waals surface area contributed by atoms with Crippen LogP contribution < -0.4 is 5.76 Å². The van der Waals surface area contributed by atoms with Crippen LogP contribution in [0.3, 0.4) is 0 Å². The molecular weight excluding hydrogens is 361 g/mol. The van der Waals surface area contributed by atoms with Crippen molar-refractivity contribution in [3.05, 3.63) is 68.9 Å². The summed E-state index contributed by atoms with van der Waals surface area (Å²) in [6, 6.07) is 9.82. The van der Waals surface area contributed by atoms with E-state index in [9.17, 15) is 9.18 Å². The molecule has 0 fully saturated rings. The van der Waals surface area contributed by atoms with Crippen molar-refractivity contribution in [1.29, 1.82) is 0 Å². The fraction of sp³-hybridized carbons (Fsp3) is 0.133. The van der Waals surface area contributed by atoms with E-state index in [-0.39, 0.29) is 5.82 Å². The summed E-state index contributed by atoms with van der Waals surface area (Å²) in [6.07, 6.45) is 0. The van der Waals surface area contributed by atoms with Gasteiger partial charge in [-0.05, 0) is 29.8 Å². The van der Waals surface area contributed by atoms with Gasteiger partial charge in [-0.1, -0.05) is 39.7 Å². The number of rotatable bonds is 2. The lowest BCUT2D eigenvalue weighted by Gasteiger charge is -2.13. The van der Waals surface area contributed by atoms with Gasteiger partial charge in [0.25, 0.3) is 0 Å². The molecule has 1 heterocycles. The maximum Gasteiger partial charge on any atom is 0.419 e. The summed E-state index contributed by atoms with van der Waals surface area (Å²) < 4.78 is 20.5. The van der Waals surface area contributed by atoms with Crippen molar-refractivity contribution in [3.8, 4) is 0 Å². The topological polar surface area (TPSA) is 35.1 Å². The molecule has 1 unspecified atom stereocenters. The number of aryl methyl sites for hydroxylation is 1. The van der Waals surface area contributed by atoms with Gasteiger partial charge in [0.15, 0.2) is 5.58 Å². The largest absolute Gasteiger partial charge is 0.419 e. The summed E-state index contributed by atoms with van der Waals surface area (Å²) >= 11 is 9.53. The lowest BCUT2D eigenvalue weighted by atomic mass is 10.0. The number of benzene rings is 2. The Morgan fingerprint density at radius 2 is 2.10 bits per heavy atom. The minimum Gasteiger partial charge on any atom is -0.408 e. The molecule has 1 aromatic heterocycles. The van der Waals surface area contributed by atoms with Gasteiger partial charge in [0.1, 0.15) is 5.82 Å². The average Bonchev–Trinajstić information content (AvgIpc) is 2.73. The quantitative estimate of drug-likeness (QED) is 0.626. The first-order chi connectivity index (χ1) is 9.99. The molecule has 0 spiro atoms. The van der Waals surface area contributed by atoms with Crippen LogP contribution in [0.4, 0.5) is 4.39 Å². The summed E-state index contributed by atoms with van der Waals surface area (Å²) in [5, 5.41) is 0.339. The molecular formula is C15H10BrClFNO2. The Hall–Kier alpha value is -1.59. The highest BCUT2D eigenvalue weighted by molar-refractivity contribution is 9.09. The van der Waals surface area contributed by atoms with Gasteiger partial charge >= 0.3 is 5.76 Å². The summed E-state index contributed by atoms with van der Waals surface area (Å²) in [6.45, 7) is 0. The highest BCUT2D eigenvalue weighted by Gasteiger charge is 2.19. The minimum absolute atomic E-state index is 0.339. The lowest BCUT2D eigenvalue weighted by molar-refractivity contribution is 0.528. The van der Waals surface area contributed by atoms with Gasteiger partial charge in [-0.25, -0.2) is 9.18 Å². The predicted molar refractivity (Wildman–Crippen MR) is 83.6 cm³/mol. The van der Waals surface area contributed by atoms with Crippen molar-refractivity contribution in [2.45, 2.75) is 4.83 Å². The van der Waals surface area contributed by atoms with Crippen LogP contribution in [0.2, 0.25) is 5.02 Å². The fourth-order valence-corrected chi connectivity index (χ4v) is 3.38. The molecule has 1 atom stereocenters. The molecule has 21 heavy (non-hydrogen) atoms. The Balaban J connectivity index is 2.14. The van der Waals surface area contributed by atoms with Crippen LogP contribution in [0.15, 0.2) is 45.6 Å². The van der Waals surface area contributed by atoms with Crippen LogP contribution in [0, 0.1) is 5.82 Å². The predicted octanol–water partition coefficient (Wildman–Crippen LogP) is 4.41. The zero-order chi connectivity index (χ0) is 15.1. The fourth-order valence-electron chi connectivity index (χ4n) is 2.23. The number of halogens is 3. The first-order valence-electron chi connectivity index (χ1n) is 6.16. The Morgan fingerprint density at radius 1 is 1.33 bits per heavy atom. The molecule has 108 valence electrons. The van der Waals surface area contributed by atoms with Gasteiger partial charge in [-0.2, -0.15) is 0 Å². The molecule has 0 saturated heterocycles. The van der Waals surface area contributed by atoms with Gasteiger partial charge in [0.2, 0.25) is 0 Å². The standard InChI is InChI=1S/C15H10BrClFNO2/c1-19-11-6-5-8(7-12(11)21-15(19)20)14(16)13-9(17)3-2-4-10(13)18/h2-7,14H,1H3. The number of alkyl halides is 1. The van der Waals surface area contributed by atoms with Crippen molar-refractivity contribution in [2.24, 2.45) is 7.05 Å². The van der Waals surface area contributed by atoms with Gasteiger partial charge in [0.05, 0.1) is 10.3 Å². The van der Waals surface area contributed by atoms with Crippen molar-refractivity contribution in [2.75, 3.05) is 0 Å². The van der Waals surface area contributed by atoms with Crippen LogP contribution in [-0.2, 0) is 7.05 Å². The molecule has 0 radical (unpaired) electrons. The third-order valence-corrected chi connectivity index (χ3v) is 4.68. The molecule has 3 nitrogen and oxygen atoms in total. The van der Waals surface area contributed by atoms with E-state index in [2.05, 4.69) is 15.9 Å². The second-order valence-corrected chi connectivity index (χ2v) is 5.97. The molecule has 3 aromatic rings. The first kappa shape index (κ1) is 14.4. The molecule has 0 N–H and O–H groups in total. The molecule has 0 amide bonds. The van der Waals surface area contributed by atoms with Gasteiger partial charge in [-0.15, -0.1) is 0 Å². The van der Waals surface area contributed by atoms with E-state index in [0.29, 0.717) is 21.7 Å². The SMILES string of the molecule is Cn1c(=O)oc2cc(C(Br)c3c(F)cccc3Cl)ccc21. The Kier molecular flexibility index (Phi) is 3.63. The zero-order valence-corrected chi connectivity index (χ0v) is 13.3. The van der Waals surface area contributed by atoms with Crippen LogP contribution in [0.25, 0.3) is 11.1 Å². The maximum absolute atomic E-state index is 14.0. The number of hydrogen-bond acceptors (Lipinski definition) is 2. The van der Waals surface area contributed by atoms with E-state index < -0.39 is 10.6 Å². The normalized spacial score (nSPS) is 12.8. The maximum atomic E-state index is 14.0. The Morgan fingerprint density at radius 3 is 2.81 bits per heavy atom. The number of hydrogen-bond donors (Lipinski definition) is 0. The van der Waals surface area contributed by atoms with Crippen molar-refractivity contribution >= 4 is 38.6 Å². The third-order valence-electron chi connectivity index (χ3n) is 3.36. The molecule has 0 aliphatic rings. The third kappa shape index (κ3) is 2.40. The number of oxazole rings is 1. The van der Waals surface area contributed by atoms with Crippen molar-refractivity contribution in [1.82, 2.24) is 4.57 Å². The van der Waals surface area contributed by atoms with E-state index in [1.807, 2.05) is 0 Å². The smallest absolute Gasteiger partial charge is 0.408 e. The van der Waals surface area contributed by atoms with E-state index in [1.165, 1.54) is 10.6 Å². The zero-order valence-electron chi connectivity index (χ0n) is 10.9. The van der Waals surface area contributed by atoms with Gasteiger partial charge < -0.3 is 4.42 Å². The van der Waals surface area contributed by atoms with Gasteiger partial charge in [-0.3, -0.25) is 4.57 Å². The van der Waals surface area contributed by atoms with E-state index in [0.717, 1.165) is 5.56 Å². The molecule has 0 saturated carbocycles. The van der Waals surface area contributed by atoms with Crippen LogP contribution >= 0.6 is 27.5 Å². The highest BCUT2D eigenvalue weighted by Crippen LogP contribution is 2.37. The van der Waals surface area contributed by atoms with Crippen LogP contribution in [0.5, 0.6) is 0 Å². The number of fused-ring (bicyclic) bond motifs is 1. The molecule has 0 aliphatic carbocycles. The first-order valence-corrected chi connectivity index (χ1v) is 7.46. The van der Waals surface area contributed by atoms with Crippen LogP contribution in [-0.4, -0.2) is 4.57 Å². The molecule has 6 heteroatoms. The average molecular weight is 371 g/mol. The highest BCUT2D eigenvalue weighted by atomic mass is 79.9. The second-order valence-electron chi connectivity index (χ2n) is 4.65. The lowest BCUT2D eigenvalue weighted by Crippen LogP contribution is -2.08. The Bertz CT molecular complexity index is 867. The second kappa shape index (κ2) is 5.31. The molecule has 0 aliphatic heterocycles. The minimum atomic E-state index is -0.433. The van der Waals surface area contributed by atoms with E-state index >= 15 is 0 Å². The summed E-state index contributed by atoms with van der Waals surface area (Å²) in [7, 11) is 1.63. The number of nitrogens with zero attached hydrogens (tertiary/aromatic N) is 1. The van der Waals surface area contributed by atoms with Crippen LogP contribution in [0.1, 0.15) is 16.0 Å². The van der Waals surface area contributed by atoms with Crippen molar-refractivity contribution in [3.63, 3.8) is 0 Å². The summed E-state index contributed by atoms with van der Waals surface area (Å²) in [4.78, 5) is 11.1. The van der Waals surface area contributed by atoms with Crippen molar-refractivity contribution < 1.29 is 8.81 Å². The summed E-state index contributed by atoms with van der Waals surface area (Å²) in [5.41, 5.74) is 2.25. The monoisotopic (exact) mass is 369 g/mol. The molecule has 2 aromatic carbocycles. The molecule has 3 rings (SSSR count). The van der Waals surface area contributed by atoms with Gasteiger partial charge in [0, 0.05) is 17.6 Å². The molecule has 0 bridgehead atoms. The van der Waals surface area contributed by atoms with E-state index in [1.54, 1.807) is 37.4 Å².